The Morgan fingerprint density at radius 2 is 2.36 bits per heavy atom. The maximum Gasteiger partial charge on any atom is 0.272 e. The van der Waals surface area contributed by atoms with E-state index in [1.165, 1.54) is 6.33 Å². The van der Waals surface area contributed by atoms with Crippen LogP contribution in [-0.4, -0.2) is 68.6 Å². The molecule has 2 aromatic rings. The predicted octanol–water partition coefficient (Wildman–Crippen LogP) is 0.763. The van der Waals surface area contributed by atoms with Crippen molar-refractivity contribution in [1.29, 1.82) is 0 Å². The summed E-state index contributed by atoms with van der Waals surface area (Å²) in [6.45, 7) is 2.75. The maximum absolute atomic E-state index is 12.8. The quantitative estimate of drug-likeness (QED) is 0.818. The molecule has 0 saturated carbocycles. The number of ether oxygens (including phenoxy) is 2. The van der Waals surface area contributed by atoms with Crippen LogP contribution in [0.25, 0.3) is 0 Å². The van der Waals surface area contributed by atoms with Gasteiger partial charge in [0.1, 0.15) is 23.9 Å². The first kappa shape index (κ1) is 16.2. The SMILES string of the molecule is O=C(c1ccccn1)N1CCOC[C@@]2(CC[C@@H](Cn3cncn3)O2)C1. The Morgan fingerprint density at radius 1 is 1.40 bits per heavy atom. The lowest BCUT2D eigenvalue weighted by atomic mass is 10.00. The molecule has 1 spiro atoms. The Morgan fingerprint density at radius 3 is 3.16 bits per heavy atom. The van der Waals surface area contributed by atoms with Crippen molar-refractivity contribution in [3.05, 3.63) is 42.7 Å². The third-order valence-corrected chi connectivity index (χ3v) is 4.72. The Labute approximate surface area is 145 Å². The Bertz CT molecular complexity index is 708. The molecule has 2 atom stereocenters. The first-order valence-corrected chi connectivity index (χ1v) is 8.52. The van der Waals surface area contributed by atoms with Crippen molar-refractivity contribution in [3.63, 3.8) is 0 Å². The van der Waals surface area contributed by atoms with Gasteiger partial charge in [-0.3, -0.25) is 14.5 Å². The second-order valence-electron chi connectivity index (χ2n) is 6.57. The van der Waals surface area contributed by atoms with E-state index in [9.17, 15) is 4.79 Å². The predicted molar refractivity (Wildman–Crippen MR) is 87.8 cm³/mol. The molecular weight excluding hydrogens is 322 g/mol. The molecule has 8 nitrogen and oxygen atoms in total. The van der Waals surface area contributed by atoms with Crippen LogP contribution in [0.15, 0.2) is 37.1 Å². The maximum atomic E-state index is 12.8. The fourth-order valence-corrected chi connectivity index (χ4v) is 3.51. The summed E-state index contributed by atoms with van der Waals surface area (Å²) >= 11 is 0. The monoisotopic (exact) mass is 343 g/mol. The molecule has 0 unspecified atom stereocenters. The van der Waals surface area contributed by atoms with Crippen molar-refractivity contribution in [2.24, 2.45) is 0 Å². The molecule has 0 aliphatic carbocycles. The highest BCUT2D eigenvalue weighted by molar-refractivity contribution is 5.92. The van der Waals surface area contributed by atoms with Crippen LogP contribution in [0.2, 0.25) is 0 Å². The van der Waals surface area contributed by atoms with Crippen LogP contribution < -0.4 is 0 Å². The van der Waals surface area contributed by atoms with Crippen LogP contribution >= 0.6 is 0 Å². The van der Waals surface area contributed by atoms with E-state index in [0.29, 0.717) is 38.5 Å². The zero-order chi connectivity index (χ0) is 17.1. The summed E-state index contributed by atoms with van der Waals surface area (Å²) in [4.78, 5) is 22.7. The first-order chi connectivity index (χ1) is 12.2. The van der Waals surface area contributed by atoms with Gasteiger partial charge >= 0.3 is 0 Å². The van der Waals surface area contributed by atoms with Gasteiger partial charge in [0, 0.05) is 12.7 Å². The molecule has 25 heavy (non-hydrogen) atoms. The van der Waals surface area contributed by atoms with Crippen molar-refractivity contribution >= 4 is 5.91 Å². The van der Waals surface area contributed by atoms with E-state index in [-0.39, 0.29) is 12.0 Å². The van der Waals surface area contributed by atoms with Crippen LogP contribution in [0, 0.1) is 0 Å². The molecule has 2 aromatic heterocycles. The molecule has 4 rings (SSSR count). The number of pyridine rings is 1. The van der Waals surface area contributed by atoms with Crippen LogP contribution in [-0.2, 0) is 16.0 Å². The summed E-state index contributed by atoms with van der Waals surface area (Å²) in [5.74, 6) is -0.0752. The highest BCUT2D eigenvalue weighted by Gasteiger charge is 2.44. The molecule has 132 valence electrons. The van der Waals surface area contributed by atoms with Gasteiger partial charge in [-0.1, -0.05) is 6.07 Å². The number of aromatic nitrogens is 4. The molecule has 2 saturated heterocycles. The Hall–Kier alpha value is -2.32. The number of hydrogen-bond donors (Lipinski definition) is 0. The summed E-state index contributed by atoms with van der Waals surface area (Å²) in [7, 11) is 0. The van der Waals surface area contributed by atoms with Gasteiger partial charge in [0.05, 0.1) is 32.4 Å². The van der Waals surface area contributed by atoms with Gasteiger partial charge in [-0.15, -0.1) is 0 Å². The third-order valence-electron chi connectivity index (χ3n) is 4.72. The van der Waals surface area contributed by atoms with Gasteiger partial charge in [-0.25, -0.2) is 4.98 Å². The standard InChI is InChI=1S/C17H21N5O3/c23-16(15-3-1-2-6-19-15)21-7-8-24-11-17(10-21)5-4-14(25-17)9-22-13-18-12-20-22/h1-3,6,12-14H,4-5,7-11H2/t14-,17+/m0/s1. The molecule has 0 N–H and O–H groups in total. The van der Waals surface area contributed by atoms with Crippen molar-refractivity contribution in [2.75, 3.05) is 26.3 Å². The van der Waals surface area contributed by atoms with Crippen LogP contribution in [0.1, 0.15) is 23.3 Å². The van der Waals surface area contributed by atoms with Gasteiger partial charge < -0.3 is 14.4 Å². The van der Waals surface area contributed by atoms with Crippen molar-refractivity contribution in [3.8, 4) is 0 Å². The minimum atomic E-state index is -0.452. The van der Waals surface area contributed by atoms with E-state index in [1.54, 1.807) is 34.2 Å². The largest absolute Gasteiger partial charge is 0.377 e. The molecule has 2 fully saturated rings. The second-order valence-corrected chi connectivity index (χ2v) is 6.57. The van der Waals surface area contributed by atoms with Crippen molar-refractivity contribution in [2.45, 2.75) is 31.1 Å². The van der Waals surface area contributed by atoms with E-state index < -0.39 is 5.60 Å². The molecule has 2 aliphatic rings. The smallest absolute Gasteiger partial charge is 0.272 e. The van der Waals surface area contributed by atoms with Crippen molar-refractivity contribution < 1.29 is 14.3 Å². The Balaban J connectivity index is 1.46. The molecule has 8 heteroatoms. The highest BCUT2D eigenvalue weighted by atomic mass is 16.6. The topological polar surface area (TPSA) is 82.4 Å². The minimum absolute atomic E-state index is 0.0511. The molecule has 0 bridgehead atoms. The molecule has 0 radical (unpaired) electrons. The lowest BCUT2D eigenvalue weighted by Crippen LogP contribution is -2.47. The zero-order valence-corrected chi connectivity index (χ0v) is 14.0. The van der Waals surface area contributed by atoms with Crippen molar-refractivity contribution in [1.82, 2.24) is 24.6 Å². The van der Waals surface area contributed by atoms with Gasteiger partial charge in [-0.2, -0.15) is 5.10 Å². The Kier molecular flexibility index (Phi) is 4.46. The number of hydrogen-bond acceptors (Lipinski definition) is 6. The minimum Gasteiger partial charge on any atom is -0.377 e. The number of rotatable bonds is 3. The van der Waals surface area contributed by atoms with Crippen LogP contribution in [0.3, 0.4) is 0 Å². The van der Waals surface area contributed by atoms with E-state index >= 15 is 0 Å². The average molecular weight is 343 g/mol. The van der Waals surface area contributed by atoms with E-state index in [0.717, 1.165) is 12.8 Å². The molecule has 2 aliphatic heterocycles. The summed E-state index contributed by atoms with van der Waals surface area (Å²) in [6, 6.07) is 5.37. The number of carbonyl (C=O) groups is 1. The van der Waals surface area contributed by atoms with Gasteiger partial charge in [0.25, 0.3) is 5.91 Å². The third kappa shape index (κ3) is 3.54. The van der Waals surface area contributed by atoms with E-state index in [2.05, 4.69) is 15.1 Å². The van der Waals surface area contributed by atoms with Crippen LogP contribution in [0.5, 0.6) is 0 Å². The molecule has 4 heterocycles. The molecule has 0 aromatic carbocycles. The lowest BCUT2D eigenvalue weighted by Gasteiger charge is -2.31. The highest BCUT2D eigenvalue weighted by Crippen LogP contribution is 2.33. The number of carbonyl (C=O) groups excluding carboxylic acids is 1. The lowest BCUT2D eigenvalue weighted by molar-refractivity contribution is -0.0881. The normalized spacial score (nSPS) is 26.7. The molecule has 1 amide bonds. The molecular formula is C17H21N5O3. The van der Waals surface area contributed by atoms with Gasteiger partial charge in [0.15, 0.2) is 0 Å². The van der Waals surface area contributed by atoms with E-state index in [4.69, 9.17) is 9.47 Å². The zero-order valence-electron chi connectivity index (χ0n) is 14.0. The van der Waals surface area contributed by atoms with Gasteiger partial charge in [-0.05, 0) is 25.0 Å². The van der Waals surface area contributed by atoms with Crippen LogP contribution in [0.4, 0.5) is 0 Å². The summed E-state index contributed by atoms with van der Waals surface area (Å²) in [6.07, 6.45) is 6.67. The fourth-order valence-electron chi connectivity index (χ4n) is 3.51. The van der Waals surface area contributed by atoms with Gasteiger partial charge in [0.2, 0.25) is 0 Å². The fraction of sp³-hybridized carbons (Fsp3) is 0.529. The number of amides is 1. The number of nitrogens with zero attached hydrogens (tertiary/aromatic N) is 5. The summed E-state index contributed by atoms with van der Waals surface area (Å²) in [5, 5.41) is 4.14. The second kappa shape index (κ2) is 6.89. The summed E-state index contributed by atoms with van der Waals surface area (Å²) < 4.78 is 13.9. The van der Waals surface area contributed by atoms with E-state index in [1.807, 2.05) is 6.07 Å². The first-order valence-electron chi connectivity index (χ1n) is 8.52. The average Bonchev–Trinajstić information content (AvgIpc) is 3.23. The summed E-state index contributed by atoms with van der Waals surface area (Å²) in [5.41, 5.74) is 0.00310.